The van der Waals surface area contributed by atoms with Crippen molar-refractivity contribution in [1.29, 1.82) is 0 Å². The van der Waals surface area contributed by atoms with Gasteiger partial charge in [-0.1, -0.05) is 19.1 Å². The largest absolute Gasteiger partial charge is 0.467 e. The van der Waals surface area contributed by atoms with E-state index in [0.29, 0.717) is 22.5 Å². The third-order valence-electron chi connectivity index (χ3n) is 4.41. The number of methoxy groups -OCH3 is 1. The molecule has 0 radical (unpaired) electrons. The average Bonchev–Trinajstić information content (AvgIpc) is 2.94. The number of aryl methyl sites for hydroxylation is 2. The van der Waals surface area contributed by atoms with Gasteiger partial charge in [-0.25, -0.2) is 14.2 Å². The first-order valence-corrected chi connectivity index (χ1v) is 9.06. The summed E-state index contributed by atoms with van der Waals surface area (Å²) in [6.45, 7) is 5.43. The summed E-state index contributed by atoms with van der Waals surface area (Å²) in [7, 11) is 1.30. The number of rotatable bonds is 4. The number of carbonyl (C=O) groups is 1. The number of ether oxygens (including phenoxy) is 1. The Morgan fingerprint density at radius 3 is 2.54 bits per heavy atom. The summed E-state index contributed by atoms with van der Waals surface area (Å²) < 4.78 is 19.5. The lowest BCUT2D eigenvalue weighted by Crippen LogP contribution is -2.32. The molecule has 0 bridgehead atoms. The van der Waals surface area contributed by atoms with E-state index in [9.17, 15) is 14.0 Å². The molecule has 0 saturated carbocycles. The maximum atomic E-state index is 13.3. The fourth-order valence-electron chi connectivity index (χ4n) is 3.20. The summed E-state index contributed by atoms with van der Waals surface area (Å²) in [6.07, 6.45) is 0.412. The van der Waals surface area contributed by atoms with Crippen molar-refractivity contribution in [3.8, 4) is 11.1 Å². The lowest BCUT2D eigenvalue weighted by molar-refractivity contribution is -0.144. The number of nitrogens with zero attached hydrogens (tertiary/aromatic N) is 2. The molecule has 0 fully saturated rings. The van der Waals surface area contributed by atoms with E-state index in [4.69, 9.17) is 4.74 Å². The van der Waals surface area contributed by atoms with Crippen LogP contribution < -0.4 is 5.56 Å². The molecule has 3 rings (SSSR count). The molecular formula is C19H19FN2O3S. The van der Waals surface area contributed by atoms with Crippen molar-refractivity contribution in [2.24, 2.45) is 0 Å². The molecule has 0 aliphatic carbocycles. The molecule has 7 heteroatoms. The predicted molar refractivity (Wildman–Crippen MR) is 100 cm³/mol. The Morgan fingerprint density at radius 1 is 1.31 bits per heavy atom. The van der Waals surface area contributed by atoms with E-state index in [1.54, 1.807) is 19.1 Å². The van der Waals surface area contributed by atoms with Gasteiger partial charge in [-0.05, 0) is 38.0 Å². The molecule has 0 amide bonds. The molecule has 1 unspecified atom stereocenters. The van der Waals surface area contributed by atoms with Gasteiger partial charge in [-0.2, -0.15) is 0 Å². The highest BCUT2D eigenvalue weighted by Crippen LogP contribution is 2.36. The molecule has 0 spiro atoms. The highest BCUT2D eigenvalue weighted by atomic mass is 32.1. The Kier molecular flexibility index (Phi) is 4.91. The van der Waals surface area contributed by atoms with Crippen molar-refractivity contribution in [3.63, 3.8) is 0 Å². The Labute approximate surface area is 154 Å². The van der Waals surface area contributed by atoms with Crippen LogP contribution in [0.25, 0.3) is 21.3 Å². The number of hydrogen-bond acceptors (Lipinski definition) is 5. The first kappa shape index (κ1) is 18.3. The molecule has 0 aliphatic heterocycles. The molecule has 1 atom stereocenters. The third-order valence-corrected chi connectivity index (χ3v) is 5.41. The molecule has 0 aliphatic rings. The molecule has 0 N–H and O–H groups in total. The zero-order valence-electron chi connectivity index (χ0n) is 15.0. The van der Waals surface area contributed by atoms with Gasteiger partial charge in [-0.15, -0.1) is 11.3 Å². The van der Waals surface area contributed by atoms with Gasteiger partial charge in [0.2, 0.25) is 0 Å². The summed E-state index contributed by atoms with van der Waals surface area (Å²) in [5.74, 6) is -0.352. The maximum Gasteiger partial charge on any atom is 0.329 e. The Bertz CT molecular complexity index is 1040. The molecule has 3 aromatic rings. The normalized spacial score (nSPS) is 12.3. The van der Waals surface area contributed by atoms with Crippen LogP contribution in [0.15, 0.2) is 29.1 Å². The van der Waals surface area contributed by atoms with Gasteiger partial charge in [0.05, 0.1) is 12.5 Å². The number of benzene rings is 1. The average molecular weight is 374 g/mol. The topological polar surface area (TPSA) is 61.2 Å². The minimum atomic E-state index is -0.731. The lowest BCUT2D eigenvalue weighted by atomic mass is 10.0. The number of fused-ring (bicyclic) bond motifs is 1. The van der Waals surface area contributed by atoms with Crippen LogP contribution in [-0.2, 0) is 9.53 Å². The Balaban J connectivity index is 2.34. The fraction of sp³-hybridized carbons (Fsp3) is 0.316. The summed E-state index contributed by atoms with van der Waals surface area (Å²) in [5, 5.41) is 0.451. The first-order valence-electron chi connectivity index (χ1n) is 8.25. The number of halogens is 1. The highest BCUT2D eigenvalue weighted by molar-refractivity contribution is 7.19. The Morgan fingerprint density at radius 2 is 1.96 bits per heavy atom. The minimum absolute atomic E-state index is 0.284. The van der Waals surface area contributed by atoms with Gasteiger partial charge in [0.1, 0.15) is 22.5 Å². The maximum absolute atomic E-state index is 13.3. The number of esters is 1. The predicted octanol–water partition coefficient (Wildman–Crippen LogP) is 4.01. The van der Waals surface area contributed by atoms with Crippen LogP contribution in [0.3, 0.4) is 0 Å². The molecule has 26 heavy (non-hydrogen) atoms. The van der Waals surface area contributed by atoms with E-state index in [1.165, 1.54) is 35.1 Å². The summed E-state index contributed by atoms with van der Waals surface area (Å²) in [4.78, 5) is 31.5. The molecular weight excluding hydrogens is 355 g/mol. The van der Waals surface area contributed by atoms with Crippen molar-refractivity contribution < 1.29 is 13.9 Å². The standard InChI is InChI=1S/C19H19FN2O3S/c1-5-14(19(24)25-4)22-11(3)21-17-16(18(22)23)15(10(2)26-17)12-6-8-13(20)9-7-12/h6-9,14H,5H2,1-4H3. The molecule has 1 aromatic carbocycles. The summed E-state index contributed by atoms with van der Waals surface area (Å²) >= 11 is 1.41. The number of hydrogen-bond donors (Lipinski definition) is 0. The van der Waals surface area contributed by atoms with Crippen molar-refractivity contribution in [2.45, 2.75) is 33.2 Å². The van der Waals surface area contributed by atoms with E-state index in [-0.39, 0.29) is 11.4 Å². The quantitative estimate of drug-likeness (QED) is 0.648. The molecule has 136 valence electrons. The van der Waals surface area contributed by atoms with Crippen molar-refractivity contribution in [1.82, 2.24) is 9.55 Å². The second kappa shape index (κ2) is 6.99. The van der Waals surface area contributed by atoms with E-state index in [1.807, 2.05) is 13.8 Å². The molecule has 5 nitrogen and oxygen atoms in total. The summed E-state index contributed by atoms with van der Waals surface area (Å²) in [5.41, 5.74) is 1.19. The number of carbonyl (C=O) groups excluding carboxylic acids is 1. The monoisotopic (exact) mass is 374 g/mol. The van der Waals surface area contributed by atoms with Gasteiger partial charge in [0.25, 0.3) is 5.56 Å². The zero-order valence-corrected chi connectivity index (χ0v) is 15.8. The smallest absolute Gasteiger partial charge is 0.329 e. The van der Waals surface area contributed by atoms with Gasteiger partial charge < -0.3 is 4.74 Å². The second-order valence-corrected chi connectivity index (χ2v) is 7.20. The SMILES string of the molecule is CCC(C(=O)OC)n1c(C)nc2sc(C)c(-c3ccc(F)cc3)c2c1=O. The van der Waals surface area contributed by atoms with E-state index >= 15 is 0 Å². The minimum Gasteiger partial charge on any atom is -0.467 e. The van der Waals surface area contributed by atoms with Crippen molar-refractivity contribution in [2.75, 3.05) is 7.11 Å². The molecule has 0 saturated heterocycles. The van der Waals surface area contributed by atoms with Crippen LogP contribution in [0.4, 0.5) is 4.39 Å². The fourth-order valence-corrected chi connectivity index (χ4v) is 4.28. The van der Waals surface area contributed by atoms with Gasteiger partial charge in [0.15, 0.2) is 0 Å². The summed E-state index contributed by atoms with van der Waals surface area (Å²) in [6, 6.07) is 5.28. The molecule has 2 aromatic heterocycles. The van der Waals surface area contributed by atoms with Crippen molar-refractivity contribution >= 4 is 27.5 Å². The van der Waals surface area contributed by atoms with E-state index in [2.05, 4.69) is 4.98 Å². The van der Waals surface area contributed by atoms with Crippen LogP contribution in [-0.4, -0.2) is 22.6 Å². The first-order chi connectivity index (χ1) is 12.4. The van der Waals surface area contributed by atoms with E-state index < -0.39 is 12.0 Å². The van der Waals surface area contributed by atoms with E-state index in [0.717, 1.165) is 16.0 Å². The Hall–Kier alpha value is -2.54. The molecule has 2 heterocycles. The second-order valence-electron chi connectivity index (χ2n) is 6.00. The van der Waals surface area contributed by atoms with Crippen LogP contribution in [0.5, 0.6) is 0 Å². The number of thiophene rings is 1. The van der Waals surface area contributed by atoms with Gasteiger partial charge in [-0.3, -0.25) is 9.36 Å². The third kappa shape index (κ3) is 2.92. The lowest BCUT2D eigenvalue weighted by Gasteiger charge is -2.18. The van der Waals surface area contributed by atoms with Crippen LogP contribution in [0.1, 0.15) is 30.1 Å². The van der Waals surface area contributed by atoms with Crippen LogP contribution in [0, 0.1) is 19.7 Å². The van der Waals surface area contributed by atoms with Crippen LogP contribution in [0.2, 0.25) is 0 Å². The van der Waals surface area contributed by atoms with Gasteiger partial charge in [0, 0.05) is 10.4 Å². The zero-order chi connectivity index (χ0) is 19.0. The highest BCUT2D eigenvalue weighted by Gasteiger charge is 2.26. The van der Waals surface area contributed by atoms with Crippen LogP contribution >= 0.6 is 11.3 Å². The number of aromatic nitrogens is 2. The van der Waals surface area contributed by atoms with Gasteiger partial charge >= 0.3 is 5.97 Å². The van der Waals surface area contributed by atoms with Crippen molar-refractivity contribution in [3.05, 3.63) is 51.1 Å².